The van der Waals surface area contributed by atoms with Gasteiger partial charge in [0, 0.05) is 0 Å². The molecule has 46 heavy (non-hydrogen) atoms. The summed E-state index contributed by atoms with van der Waals surface area (Å²) in [6.07, 6.45) is 12.8. The first-order chi connectivity index (χ1) is 20.8. The monoisotopic (exact) mass is 823 g/mol. The number of quaternary nitrogens is 1. The van der Waals surface area contributed by atoms with Crippen molar-refractivity contribution in [1.29, 1.82) is 0 Å². The maximum atomic E-state index is 17.9. The van der Waals surface area contributed by atoms with Crippen molar-refractivity contribution in [2.45, 2.75) is 158 Å². The number of hydrogen-bond donors (Lipinski definition) is 0. The molecule has 3 nitrogen and oxygen atoms in total. The topological polar surface area (TPSA) is 6.48 Å². The average molecular weight is 823 g/mol. The Morgan fingerprint density at radius 1 is 0.543 bits per heavy atom. The van der Waals surface area contributed by atoms with E-state index in [9.17, 15) is 0 Å². The van der Waals surface area contributed by atoms with Gasteiger partial charge in [-0.3, -0.25) is 0 Å². The summed E-state index contributed by atoms with van der Waals surface area (Å²) in [6, 6.07) is 9.62. The second-order valence-electron chi connectivity index (χ2n) is 17.7. The van der Waals surface area contributed by atoms with Gasteiger partial charge < -0.3 is 4.48 Å². The predicted octanol–water partition coefficient (Wildman–Crippen LogP) is 12.5. The van der Waals surface area contributed by atoms with E-state index in [4.69, 9.17) is 0 Å². The molecule has 0 N–H and O–H groups in total. The van der Waals surface area contributed by atoms with Gasteiger partial charge in [-0.2, -0.15) is 0 Å². The molecule has 0 bridgehead atoms. The van der Waals surface area contributed by atoms with Crippen LogP contribution in [0.15, 0.2) is 34.4 Å². The van der Waals surface area contributed by atoms with E-state index in [1.54, 1.807) is 6.08 Å². The molecule has 0 radical (unpaired) electrons. The summed E-state index contributed by atoms with van der Waals surface area (Å²) in [5.74, 6) is 0. The SMILES string of the molecule is CCCC[N+](CCCC)(CCCC)CCCC.C[Si](C)(C)[N]([Si](C)(C)C)[Sn-]([F])([F])(/[CH]=C/c1ccccc1)[N]([Si](C)(C)C)[Si](C)(C)C. The van der Waals surface area contributed by atoms with E-state index in [0.717, 1.165) is 5.56 Å². The molecule has 0 amide bonds. The Labute approximate surface area is 294 Å². The first kappa shape index (κ1) is 46.4. The summed E-state index contributed by atoms with van der Waals surface area (Å²) < 4.78 is 42.5. The molecule has 1 aromatic rings. The third-order valence-electron chi connectivity index (χ3n) is 8.77. The molecule has 0 unspecified atom stereocenters. The van der Waals surface area contributed by atoms with Crippen LogP contribution in [0.25, 0.3) is 6.08 Å². The van der Waals surface area contributed by atoms with E-state index in [-0.39, 0.29) is 0 Å². The molecule has 272 valence electrons. The fourth-order valence-corrected chi connectivity index (χ4v) is 80.0. The van der Waals surface area contributed by atoms with Gasteiger partial charge in [-0.25, -0.2) is 0 Å². The van der Waals surface area contributed by atoms with Crippen molar-refractivity contribution in [3.8, 4) is 0 Å². The summed E-state index contributed by atoms with van der Waals surface area (Å²) in [7, 11) is -9.19. The van der Waals surface area contributed by atoms with E-state index in [0.29, 0.717) is 0 Å². The van der Waals surface area contributed by atoms with Crippen LogP contribution in [0.3, 0.4) is 0 Å². The Hall–Kier alpha value is 0.366. The molecule has 1 aromatic carbocycles. The Kier molecular flexibility index (Phi) is 19.3. The zero-order valence-electron chi connectivity index (χ0n) is 33.6. The number of nitrogens with zero attached hydrogens (tertiary/aromatic N) is 3. The van der Waals surface area contributed by atoms with Crippen LogP contribution in [0.5, 0.6) is 0 Å². The summed E-state index contributed by atoms with van der Waals surface area (Å²) in [6.45, 7) is 40.4. The second-order valence-corrected chi connectivity index (χ2v) is 52.0. The van der Waals surface area contributed by atoms with Crippen molar-refractivity contribution in [3.05, 3.63) is 40.0 Å². The third kappa shape index (κ3) is 14.7. The van der Waals surface area contributed by atoms with Crippen LogP contribution in [0.2, 0.25) is 78.6 Å². The number of benzene rings is 1. The van der Waals surface area contributed by atoms with Crippen LogP contribution < -0.4 is 0 Å². The molecule has 10 heteroatoms. The quantitative estimate of drug-likeness (QED) is 0.0955. The Bertz CT molecular complexity index is 912. The van der Waals surface area contributed by atoms with Crippen LogP contribution in [-0.4, -0.2) is 87.2 Å². The van der Waals surface area contributed by atoms with Gasteiger partial charge in [0.05, 0.1) is 26.2 Å². The molecule has 0 aliphatic rings. The van der Waals surface area contributed by atoms with Crippen molar-refractivity contribution < 1.29 is 10.2 Å². The maximum absolute atomic E-state index is 17.9. The molecule has 0 aromatic heterocycles. The molecule has 0 heterocycles. The third-order valence-corrected chi connectivity index (χ3v) is 62.4. The van der Waals surface area contributed by atoms with Crippen molar-refractivity contribution in [2.75, 3.05) is 26.2 Å². The fourth-order valence-electron chi connectivity index (χ4n) is 8.09. The molecule has 0 spiro atoms. The van der Waals surface area contributed by atoms with Crippen molar-refractivity contribution in [1.82, 2.24) is 4.91 Å². The van der Waals surface area contributed by atoms with Gasteiger partial charge in [0.2, 0.25) is 0 Å². The van der Waals surface area contributed by atoms with Crippen LogP contribution in [0.1, 0.15) is 84.6 Å². The van der Waals surface area contributed by atoms with Gasteiger partial charge in [0.1, 0.15) is 0 Å². The van der Waals surface area contributed by atoms with Gasteiger partial charge in [-0.15, -0.1) is 0 Å². The van der Waals surface area contributed by atoms with Crippen LogP contribution >= 0.6 is 0 Å². The summed E-state index contributed by atoms with van der Waals surface area (Å²) in [4.78, 5) is 0. The van der Waals surface area contributed by atoms with Gasteiger partial charge >= 0.3 is 187 Å². The average Bonchev–Trinajstić information content (AvgIpc) is 2.88. The van der Waals surface area contributed by atoms with Gasteiger partial charge in [-0.05, 0) is 25.7 Å². The molecule has 0 saturated heterocycles. The van der Waals surface area contributed by atoms with E-state index in [1.807, 2.05) is 35.2 Å². The second kappa shape index (κ2) is 19.1. The zero-order chi connectivity index (χ0) is 36.1. The molecule has 0 saturated carbocycles. The minimum atomic E-state index is -6.71. The zero-order valence-corrected chi connectivity index (χ0v) is 40.5. The number of rotatable bonds is 20. The van der Waals surface area contributed by atoms with Crippen LogP contribution in [0.4, 0.5) is 5.73 Å². The molecule has 0 aliphatic heterocycles. The Morgan fingerprint density at radius 3 is 1.07 bits per heavy atom. The summed E-state index contributed by atoms with van der Waals surface area (Å²) in [5.41, 5.74) is 0.861. The van der Waals surface area contributed by atoms with Crippen molar-refractivity contribution in [3.63, 3.8) is 0 Å². The summed E-state index contributed by atoms with van der Waals surface area (Å²) in [5, 5.41) is 0. The van der Waals surface area contributed by atoms with E-state index >= 15 is 5.73 Å². The Balaban J connectivity index is 0.00000102. The molecular formula is C36H79F2N3Si4Sn. The molecule has 1 rings (SSSR count). The molecule has 0 fully saturated rings. The number of unbranched alkanes of at least 4 members (excludes halogenated alkanes) is 4. The van der Waals surface area contributed by atoms with Gasteiger partial charge in [0.25, 0.3) is 0 Å². The number of halogens is 2. The standard InChI is InChI=1S/C16H36N.C8H7.2C6H18NSi2.2FH.Sn/c1-5-9-13-17(14-10-6-2,15-11-7-3)16-12-8-4;1-2-8-6-4-3-5-7-8;2*1-8(2,3)7-9(4,5)6;;;/h5-16H2,1-4H3;1-7H;2*1-6H3;2*1H;/q+1;;2*-1;;;+3/p-2. The predicted molar refractivity (Wildman–Crippen MR) is 220 cm³/mol. The molecular weight excluding hydrogens is 743 g/mol. The van der Waals surface area contributed by atoms with E-state index < -0.39 is 51.6 Å². The van der Waals surface area contributed by atoms with Gasteiger partial charge in [-0.1, -0.05) is 53.4 Å². The van der Waals surface area contributed by atoms with Crippen molar-refractivity contribution in [2.24, 2.45) is 0 Å². The number of hydrogen-bond acceptors (Lipinski definition) is 2. The molecule has 0 aliphatic carbocycles. The first-order valence-corrected chi connectivity index (χ1v) is 38.8. The van der Waals surface area contributed by atoms with Crippen LogP contribution in [0, 0.1) is 0 Å². The van der Waals surface area contributed by atoms with E-state index in [1.165, 1.54) is 86.1 Å². The minimum absolute atomic E-state index is 0.861. The van der Waals surface area contributed by atoms with Gasteiger partial charge in [0.15, 0.2) is 0 Å². The molecule has 0 atom stereocenters. The van der Waals surface area contributed by atoms with E-state index in [2.05, 4.69) is 106 Å². The first-order valence-electron chi connectivity index (χ1n) is 18.6. The Morgan fingerprint density at radius 2 is 0.826 bits per heavy atom. The van der Waals surface area contributed by atoms with Crippen LogP contribution in [-0.2, 0) is 0 Å². The summed E-state index contributed by atoms with van der Waals surface area (Å²) >= 11 is -6.71. The normalized spacial score (nSPS) is 14.8. The fraction of sp³-hybridized carbons (Fsp3) is 0.778. The van der Waals surface area contributed by atoms with Crippen molar-refractivity contribution >= 4 is 57.7 Å².